The minimum atomic E-state index is 0.240. The van der Waals surface area contributed by atoms with Gasteiger partial charge in [-0.25, -0.2) is 0 Å². The fourth-order valence-electron chi connectivity index (χ4n) is 2.86. The van der Waals surface area contributed by atoms with Crippen LogP contribution in [0.15, 0.2) is 24.3 Å². The maximum atomic E-state index is 11.5. The lowest BCUT2D eigenvalue weighted by Crippen LogP contribution is -2.04. The van der Waals surface area contributed by atoms with E-state index in [2.05, 4.69) is 39.5 Å². The monoisotopic (exact) mass is 214 g/mol. The summed E-state index contributed by atoms with van der Waals surface area (Å²) in [4.78, 5) is 11.5. The van der Waals surface area contributed by atoms with Crippen LogP contribution in [0.2, 0.25) is 0 Å². The van der Waals surface area contributed by atoms with Gasteiger partial charge in [0.05, 0.1) is 0 Å². The minimum Gasteiger partial charge on any atom is -0.295 e. The van der Waals surface area contributed by atoms with E-state index < -0.39 is 0 Å². The van der Waals surface area contributed by atoms with Crippen LogP contribution in [-0.4, -0.2) is 5.78 Å². The fourth-order valence-corrected chi connectivity index (χ4v) is 2.86. The Labute approximate surface area is 97.2 Å². The smallest absolute Gasteiger partial charge is 0.158 e. The van der Waals surface area contributed by atoms with Gasteiger partial charge in [-0.2, -0.15) is 0 Å². The topological polar surface area (TPSA) is 17.1 Å². The van der Waals surface area contributed by atoms with Gasteiger partial charge in [0.25, 0.3) is 0 Å². The molecule has 1 aliphatic carbocycles. The van der Waals surface area contributed by atoms with Crippen LogP contribution in [0.4, 0.5) is 0 Å². The summed E-state index contributed by atoms with van der Waals surface area (Å²) in [5, 5.41) is 0. The summed E-state index contributed by atoms with van der Waals surface area (Å²) in [7, 11) is 0. The molecule has 0 N–H and O–H groups in total. The Bertz CT molecular complexity index is 445. The third-order valence-corrected chi connectivity index (χ3v) is 3.53. The summed E-state index contributed by atoms with van der Waals surface area (Å²) in [5.41, 5.74) is 5.99. The zero-order valence-corrected chi connectivity index (χ0v) is 10.3. The molecule has 1 aromatic carbocycles. The maximum absolute atomic E-state index is 11.5. The van der Waals surface area contributed by atoms with Gasteiger partial charge in [0.1, 0.15) is 0 Å². The van der Waals surface area contributed by atoms with Gasteiger partial charge in [-0.05, 0) is 49.5 Å². The quantitative estimate of drug-likeness (QED) is 0.653. The number of Topliss-reactive ketones (excluding diaryl/α,β-unsaturated/α-hetero) is 1. The van der Waals surface area contributed by atoms with E-state index in [9.17, 15) is 4.79 Å². The van der Waals surface area contributed by atoms with Crippen LogP contribution in [-0.2, 0) is 4.79 Å². The summed E-state index contributed by atoms with van der Waals surface area (Å²) in [5.74, 6) is 0.498. The van der Waals surface area contributed by atoms with Crippen molar-refractivity contribution in [1.82, 2.24) is 0 Å². The molecule has 1 unspecified atom stereocenters. The van der Waals surface area contributed by atoms with Crippen LogP contribution >= 0.6 is 0 Å². The van der Waals surface area contributed by atoms with Crippen molar-refractivity contribution >= 4 is 5.78 Å². The summed E-state index contributed by atoms with van der Waals surface area (Å²) >= 11 is 0. The highest BCUT2D eigenvalue weighted by molar-refractivity contribution is 5.98. The second kappa shape index (κ2) is 3.89. The molecule has 1 atom stereocenters. The number of allylic oxidation sites excluding steroid dienone is 1. The van der Waals surface area contributed by atoms with Crippen molar-refractivity contribution in [1.29, 1.82) is 0 Å². The molecule has 0 spiro atoms. The van der Waals surface area contributed by atoms with Gasteiger partial charge in [-0.15, -0.1) is 0 Å². The standard InChI is InChI=1S/C15H18O/c1-9-7-10(2)15(11(3)8-9)13-5-6-14(16)12(13)4/h7-8,13H,4-6H2,1-3H3. The van der Waals surface area contributed by atoms with Crippen molar-refractivity contribution in [2.45, 2.75) is 39.5 Å². The Morgan fingerprint density at radius 2 is 1.75 bits per heavy atom. The Balaban J connectivity index is 2.49. The second-order valence-electron chi connectivity index (χ2n) is 4.85. The molecule has 1 aromatic rings. The van der Waals surface area contributed by atoms with Crippen LogP contribution in [0.25, 0.3) is 0 Å². The number of aryl methyl sites for hydroxylation is 3. The first-order chi connectivity index (χ1) is 7.50. The third-order valence-electron chi connectivity index (χ3n) is 3.53. The molecule has 0 saturated heterocycles. The highest BCUT2D eigenvalue weighted by atomic mass is 16.1. The fraction of sp³-hybridized carbons (Fsp3) is 0.400. The Hall–Kier alpha value is -1.37. The van der Waals surface area contributed by atoms with Gasteiger partial charge >= 0.3 is 0 Å². The molecule has 0 amide bonds. The van der Waals surface area contributed by atoms with Gasteiger partial charge in [0, 0.05) is 12.3 Å². The highest BCUT2D eigenvalue weighted by Gasteiger charge is 2.29. The molecule has 0 bridgehead atoms. The normalized spacial score (nSPS) is 20.6. The van der Waals surface area contributed by atoms with Crippen molar-refractivity contribution in [3.05, 3.63) is 46.5 Å². The summed E-state index contributed by atoms with van der Waals surface area (Å²) < 4.78 is 0. The molecular weight excluding hydrogens is 196 g/mol. The Morgan fingerprint density at radius 1 is 1.19 bits per heavy atom. The van der Waals surface area contributed by atoms with E-state index >= 15 is 0 Å². The van der Waals surface area contributed by atoms with Gasteiger partial charge in [0.2, 0.25) is 0 Å². The number of rotatable bonds is 1. The van der Waals surface area contributed by atoms with Crippen LogP contribution in [0.1, 0.15) is 41.0 Å². The van der Waals surface area contributed by atoms with Crippen LogP contribution in [0.3, 0.4) is 0 Å². The summed E-state index contributed by atoms with van der Waals surface area (Å²) in [6.45, 7) is 10.3. The van der Waals surface area contributed by atoms with E-state index in [1.54, 1.807) is 0 Å². The maximum Gasteiger partial charge on any atom is 0.158 e. The molecule has 1 heteroatoms. The van der Waals surface area contributed by atoms with Gasteiger partial charge in [-0.3, -0.25) is 4.79 Å². The van der Waals surface area contributed by atoms with Crippen molar-refractivity contribution in [2.75, 3.05) is 0 Å². The number of hydrogen-bond acceptors (Lipinski definition) is 1. The SMILES string of the molecule is C=C1C(=O)CCC1c1c(C)cc(C)cc1C. The van der Waals surface area contributed by atoms with Crippen LogP contribution in [0.5, 0.6) is 0 Å². The van der Waals surface area contributed by atoms with Crippen molar-refractivity contribution in [3.8, 4) is 0 Å². The summed E-state index contributed by atoms with van der Waals surface area (Å²) in [6.07, 6.45) is 1.60. The molecule has 2 rings (SSSR count). The molecule has 1 nitrogen and oxygen atoms in total. The first kappa shape index (κ1) is 11.1. The number of ketones is 1. The van der Waals surface area contributed by atoms with Gasteiger partial charge in [-0.1, -0.05) is 24.3 Å². The zero-order chi connectivity index (χ0) is 11.9. The van der Waals surface area contributed by atoms with Crippen molar-refractivity contribution in [3.63, 3.8) is 0 Å². The van der Waals surface area contributed by atoms with E-state index in [0.29, 0.717) is 6.42 Å². The first-order valence-electron chi connectivity index (χ1n) is 5.80. The minimum absolute atomic E-state index is 0.240. The second-order valence-corrected chi connectivity index (χ2v) is 4.85. The Morgan fingerprint density at radius 3 is 2.19 bits per heavy atom. The number of carbonyl (C=O) groups is 1. The predicted molar refractivity (Wildman–Crippen MR) is 66.8 cm³/mol. The first-order valence-corrected chi connectivity index (χ1v) is 5.80. The molecule has 84 valence electrons. The molecule has 0 aromatic heterocycles. The molecule has 1 aliphatic rings. The van der Waals surface area contributed by atoms with E-state index in [1.165, 1.54) is 22.3 Å². The van der Waals surface area contributed by atoms with E-state index in [4.69, 9.17) is 0 Å². The average Bonchev–Trinajstić information content (AvgIpc) is 2.48. The molecule has 0 heterocycles. The third kappa shape index (κ3) is 1.71. The van der Waals surface area contributed by atoms with E-state index in [1.807, 2.05) is 0 Å². The highest BCUT2D eigenvalue weighted by Crippen LogP contribution is 2.39. The molecule has 1 fully saturated rings. The predicted octanol–water partition coefficient (Wildman–Crippen LogP) is 3.61. The molecule has 0 radical (unpaired) electrons. The average molecular weight is 214 g/mol. The molecular formula is C15H18O. The number of benzene rings is 1. The van der Waals surface area contributed by atoms with Gasteiger partial charge < -0.3 is 0 Å². The molecule has 0 aliphatic heterocycles. The number of hydrogen-bond donors (Lipinski definition) is 0. The lowest BCUT2D eigenvalue weighted by atomic mass is 9.86. The lowest BCUT2D eigenvalue weighted by Gasteiger charge is -2.17. The Kier molecular flexibility index (Phi) is 2.71. The van der Waals surface area contributed by atoms with Crippen LogP contribution < -0.4 is 0 Å². The van der Waals surface area contributed by atoms with Gasteiger partial charge in [0.15, 0.2) is 5.78 Å². The van der Waals surface area contributed by atoms with E-state index in [0.717, 1.165) is 12.0 Å². The lowest BCUT2D eigenvalue weighted by molar-refractivity contribution is -0.114. The zero-order valence-electron chi connectivity index (χ0n) is 10.3. The van der Waals surface area contributed by atoms with Crippen LogP contribution in [0, 0.1) is 20.8 Å². The number of carbonyl (C=O) groups excluding carboxylic acids is 1. The summed E-state index contributed by atoms with van der Waals surface area (Å²) in [6, 6.07) is 4.39. The van der Waals surface area contributed by atoms with Crippen molar-refractivity contribution < 1.29 is 4.79 Å². The molecule has 1 saturated carbocycles. The van der Waals surface area contributed by atoms with Crippen molar-refractivity contribution in [2.24, 2.45) is 0 Å². The van der Waals surface area contributed by atoms with E-state index in [-0.39, 0.29) is 11.7 Å². The largest absolute Gasteiger partial charge is 0.295 e. The molecule has 16 heavy (non-hydrogen) atoms.